The third-order valence-electron chi connectivity index (χ3n) is 2.69. The van der Waals surface area contributed by atoms with E-state index < -0.39 is 5.60 Å². The highest BCUT2D eigenvalue weighted by molar-refractivity contribution is 9.10. The van der Waals surface area contributed by atoms with E-state index in [2.05, 4.69) is 21.2 Å². The molecule has 0 aliphatic heterocycles. The molecule has 0 aromatic carbocycles. The molecule has 2 rings (SSSR count). The lowest BCUT2D eigenvalue weighted by Crippen LogP contribution is -2.47. The Morgan fingerprint density at radius 1 is 1.67 bits per heavy atom. The maximum Gasteiger partial charge on any atom is 0.262 e. The number of carbonyl (C=O) groups excluding carboxylic acids is 1. The van der Waals surface area contributed by atoms with Gasteiger partial charge in [0.05, 0.1) is 5.60 Å². The van der Waals surface area contributed by atoms with Gasteiger partial charge in [-0.05, 0) is 46.6 Å². The number of halogens is 1. The van der Waals surface area contributed by atoms with Crippen molar-refractivity contribution in [2.75, 3.05) is 6.54 Å². The second-order valence-corrected chi connectivity index (χ2v) is 5.63. The summed E-state index contributed by atoms with van der Waals surface area (Å²) in [6, 6.07) is 1.84. The molecule has 1 amide bonds. The van der Waals surface area contributed by atoms with E-state index in [1.165, 1.54) is 11.3 Å². The van der Waals surface area contributed by atoms with Crippen molar-refractivity contribution in [3.8, 4) is 0 Å². The standard InChI is InChI=1S/C10H12BrNO2S/c11-7-2-5-15-8(7)9(13)12-6-10(14)3-1-4-10/h2,5,14H,1,3-4,6H2,(H,12,13). The normalized spacial score (nSPS) is 18.3. The van der Waals surface area contributed by atoms with Crippen LogP contribution in [0.25, 0.3) is 0 Å². The Balaban J connectivity index is 1.90. The minimum Gasteiger partial charge on any atom is -0.388 e. The molecular formula is C10H12BrNO2S. The van der Waals surface area contributed by atoms with Crippen molar-refractivity contribution in [1.82, 2.24) is 5.32 Å². The fourth-order valence-electron chi connectivity index (χ4n) is 1.54. The summed E-state index contributed by atoms with van der Waals surface area (Å²) in [5.74, 6) is -0.114. The second-order valence-electron chi connectivity index (χ2n) is 3.86. The predicted molar refractivity (Wildman–Crippen MR) is 63.2 cm³/mol. The van der Waals surface area contributed by atoms with Crippen molar-refractivity contribution >= 4 is 33.2 Å². The predicted octanol–water partition coefficient (Wildman–Crippen LogP) is 2.16. The van der Waals surface area contributed by atoms with Crippen LogP contribution in [0.2, 0.25) is 0 Å². The number of hydrogen-bond acceptors (Lipinski definition) is 3. The first-order valence-electron chi connectivity index (χ1n) is 4.84. The zero-order valence-corrected chi connectivity index (χ0v) is 10.5. The van der Waals surface area contributed by atoms with Crippen LogP contribution in [0.15, 0.2) is 15.9 Å². The van der Waals surface area contributed by atoms with Gasteiger partial charge in [0.2, 0.25) is 0 Å². The molecule has 2 N–H and O–H groups in total. The smallest absolute Gasteiger partial charge is 0.262 e. The lowest BCUT2D eigenvalue weighted by molar-refractivity contribution is -0.0300. The highest BCUT2D eigenvalue weighted by Gasteiger charge is 2.34. The van der Waals surface area contributed by atoms with E-state index in [9.17, 15) is 9.90 Å². The van der Waals surface area contributed by atoms with E-state index in [0.717, 1.165) is 23.7 Å². The molecule has 5 heteroatoms. The lowest BCUT2D eigenvalue weighted by atomic mass is 9.80. The number of nitrogens with one attached hydrogen (secondary N) is 1. The van der Waals surface area contributed by atoms with Gasteiger partial charge in [0.25, 0.3) is 5.91 Å². The molecule has 0 bridgehead atoms. The van der Waals surface area contributed by atoms with Gasteiger partial charge in [-0.15, -0.1) is 11.3 Å². The maximum absolute atomic E-state index is 11.7. The van der Waals surface area contributed by atoms with Crippen LogP contribution in [-0.4, -0.2) is 23.2 Å². The Morgan fingerprint density at radius 3 is 2.87 bits per heavy atom. The van der Waals surface area contributed by atoms with E-state index in [4.69, 9.17) is 0 Å². The average Bonchev–Trinajstić information content (AvgIpc) is 2.58. The molecule has 1 saturated carbocycles. The summed E-state index contributed by atoms with van der Waals surface area (Å²) in [6.07, 6.45) is 2.63. The molecular weight excluding hydrogens is 278 g/mol. The molecule has 0 atom stereocenters. The second kappa shape index (κ2) is 4.23. The van der Waals surface area contributed by atoms with Crippen LogP contribution in [0.1, 0.15) is 28.9 Å². The van der Waals surface area contributed by atoms with Gasteiger partial charge in [-0.25, -0.2) is 0 Å². The van der Waals surface area contributed by atoms with Crippen molar-refractivity contribution in [3.05, 3.63) is 20.8 Å². The first kappa shape index (κ1) is 11.1. The minimum atomic E-state index is -0.653. The Kier molecular flexibility index (Phi) is 3.13. The number of carbonyl (C=O) groups is 1. The van der Waals surface area contributed by atoms with Crippen molar-refractivity contribution in [3.63, 3.8) is 0 Å². The van der Waals surface area contributed by atoms with Crippen molar-refractivity contribution in [2.45, 2.75) is 24.9 Å². The Bertz CT molecular complexity index is 373. The molecule has 1 heterocycles. The minimum absolute atomic E-state index is 0.114. The van der Waals surface area contributed by atoms with Crippen LogP contribution < -0.4 is 5.32 Å². The van der Waals surface area contributed by atoms with Crippen molar-refractivity contribution in [2.24, 2.45) is 0 Å². The van der Waals surface area contributed by atoms with E-state index in [1.54, 1.807) is 0 Å². The highest BCUT2D eigenvalue weighted by atomic mass is 79.9. The van der Waals surface area contributed by atoms with Crippen LogP contribution >= 0.6 is 27.3 Å². The van der Waals surface area contributed by atoms with Crippen LogP contribution in [-0.2, 0) is 0 Å². The van der Waals surface area contributed by atoms with Gasteiger partial charge >= 0.3 is 0 Å². The topological polar surface area (TPSA) is 49.3 Å². The van der Waals surface area contributed by atoms with Crippen LogP contribution in [0.3, 0.4) is 0 Å². The quantitative estimate of drug-likeness (QED) is 0.896. The SMILES string of the molecule is O=C(NCC1(O)CCC1)c1sccc1Br. The molecule has 1 aromatic rings. The molecule has 82 valence electrons. The molecule has 0 saturated heterocycles. The summed E-state index contributed by atoms with van der Waals surface area (Å²) in [5, 5.41) is 14.4. The van der Waals surface area contributed by atoms with Crippen LogP contribution in [0.4, 0.5) is 0 Å². The zero-order valence-electron chi connectivity index (χ0n) is 8.12. The molecule has 0 spiro atoms. The first-order valence-corrected chi connectivity index (χ1v) is 6.52. The van der Waals surface area contributed by atoms with E-state index in [1.807, 2.05) is 11.4 Å². The molecule has 1 aliphatic carbocycles. The molecule has 0 radical (unpaired) electrons. The monoisotopic (exact) mass is 289 g/mol. The van der Waals surface area contributed by atoms with E-state index in [0.29, 0.717) is 11.4 Å². The van der Waals surface area contributed by atoms with E-state index in [-0.39, 0.29) is 5.91 Å². The summed E-state index contributed by atoms with van der Waals surface area (Å²) in [6.45, 7) is 0.357. The number of thiophene rings is 1. The summed E-state index contributed by atoms with van der Waals surface area (Å²) in [7, 11) is 0. The molecule has 1 fully saturated rings. The highest BCUT2D eigenvalue weighted by Crippen LogP contribution is 2.31. The van der Waals surface area contributed by atoms with Crippen molar-refractivity contribution in [1.29, 1.82) is 0 Å². The van der Waals surface area contributed by atoms with Gasteiger partial charge in [-0.3, -0.25) is 4.79 Å². The average molecular weight is 290 g/mol. The lowest BCUT2D eigenvalue weighted by Gasteiger charge is -2.36. The molecule has 1 aromatic heterocycles. The fourth-order valence-corrected chi connectivity index (χ4v) is 3.01. The Hall–Kier alpha value is -0.390. The molecule has 15 heavy (non-hydrogen) atoms. The number of hydrogen-bond donors (Lipinski definition) is 2. The molecule has 1 aliphatic rings. The summed E-state index contributed by atoms with van der Waals surface area (Å²) >= 11 is 4.70. The van der Waals surface area contributed by atoms with Gasteiger partial charge in [-0.1, -0.05) is 0 Å². The van der Waals surface area contributed by atoms with Gasteiger partial charge in [-0.2, -0.15) is 0 Å². The largest absolute Gasteiger partial charge is 0.388 e. The molecule has 3 nitrogen and oxygen atoms in total. The number of aliphatic hydroxyl groups is 1. The van der Waals surface area contributed by atoms with Gasteiger partial charge in [0.15, 0.2) is 0 Å². The van der Waals surface area contributed by atoms with Crippen molar-refractivity contribution < 1.29 is 9.90 Å². The van der Waals surface area contributed by atoms with Crippen LogP contribution in [0.5, 0.6) is 0 Å². The van der Waals surface area contributed by atoms with Gasteiger partial charge in [0.1, 0.15) is 4.88 Å². The third-order valence-corrected chi connectivity index (χ3v) is 4.52. The maximum atomic E-state index is 11.7. The third kappa shape index (κ3) is 2.41. The number of rotatable bonds is 3. The zero-order chi connectivity index (χ0) is 10.9. The number of amides is 1. The summed E-state index contributed by atoms with van der Waals surface area (Å²) < 4.78 is 0.811. The summed E-state index contributed by atoms with van der Waals surface area (Å²) in [4.78, 5) is 12.3. The van der Waals surface area contributed by atoms with Gasteiger partial charge in [0, 0.05) is 11.0 Å². The van der Waals surface area contributed by atoms with E-state index >= 15 is 0 Å². The summed E-state index contributed by atoms with van der Waals surface area (Å²) in [5.41, 5.74) is -0.653. The molecule has 0 unspecified atom stereocenters. The Labute approximate surface area is 101 Å². The van der Waals surface area contributed by atoms with Gasteiger partial charge < -0.3 is 10.4 Å². The van der Waals surface area contributed by atoms with Crippen LogP contribution in [0, 0.1) is 0 Å². The first-order chi connectivity index (χ1) is 7.11. The fraction of sp³-hybridized carbons (Fsp3) is 0.500. The Morgan fingerprint density at radius 2 is 2.40 bits per heavy atom.